The van der Waals surface area contributed by atoms with E-state index in [0.717, 1.165) is 17.0 Å². The Kier molecular flexibility index (Phi) is 4.71. The maximum absolute atomic E-state index is 12.9. The van der Waals surface area contributed by atoms with Gasteiger partial charge in [0.15, 0.2) is 0 Å². The van der Waals surface area contributed by atoms with Gasteiger partial charge in [0.25, 0.3) is 0 Å². The molecular weight excluding hydrogens is 314 g/mol. The monoisotopic (exact) mass is 339 g/mol. The van der Waals surface area contributed by atoms with E-state index in [0.29, 0.717) is 13.0 Å². The molecule has 3 rings (SSSR count). The fourth-order valence-electron chi connectivity index (χ4n) is 2.99. The zero-order valence-electron chi connectivity index (χ0n) is 15.3. The average Bonchev–Trinajstić information content (AvgIpc) is 2.53. The normalized spacial score (nSPS) is 16.8. The van der Waals surface area contributed by atoms with Crippen LogP contribution in [-0.4, -0.2) is 24.3 Å². The Morgan fingerprint density at radius 1 is 1.20 bits per heavy atom. The maximum Gasteiger partial charge on any atom is 0.415 e. The minimum absolute atomic E-state index is 0.105. The molecule has 1 aliphatic heterocycles. The molecule has 0 aromatic heterocycles. The van der Waals surface area contributed by atoms with Crippen molar-refractivity contribution in [1.82, 2.24) is 0 Å². The van der Waals surface area contributed by atoms with Crippen LogP contribution in [0, 0.1) is 6.92 Å². The van der Waals surface area contributed by atoms with Crippen LogP contribution in [0.15, 0.2) is 48.5 Å². The molecule has 0 unspecified atom stereocenters. The Balaban J connectivity index is 1.95. The molecule has 1 aliphatic rings. The van der Waals surface area contributed by atoms with E-state index in [4.69, 9.17) is 9.47 Å². The van der Waals surface area contributed by atoms with E-state index in [1.165, 1.54) is 5.56 Å². The van der Waals surface area contributed by atoms with Crippen LogP contribution >= 0.6 is 0 Å². The van der Waals surface area contributed by atoms with Gasteiger partial charge in [-0.2, -0.15) is 0 Å². The van der Waals surface area contributed by atoms with E-state index in [9.17, 15) is 4.79 Å². The van der Waals surface area contributed by atoms with Gasteiger partial charge in [-0.15, -0.1) is 0 Å². The summed E-state index contributed by atoms with van der Waals surface area (Å²) < 4.78 is 11.6. The number of nitrogens with zero attached hydrogens (tertiary/aromatic N) is 1. The first-order valence-electron chi connectivity index (χ1n) is 8.63. The van der Waals surface area contributed by atoms with E-state index < -0.39 is 5.60 Å². The van der Waals surface area contributed by atoms with Gasteiger partial charge in [0.1, 0.15) is 18.0 Å². The van der Waals surface area contributed by atoms with E-state index in [-0.39, 0.29) is 12.1 Å². The molecule has 1 atom stereocenters. The van der Waals surface area contributed by atoms with Crippen LogP contribution in [0.3, 0.4) is 0 Å². The number of carbonyl (C=O) groups is 1. The quantitative estimate of drug-likeness (QED) is 0.793. The molecule has 0 saturated heterocycles. The molecule has 0 radical (unpaired) electrons. The molecule has 0 spiro atoms. The highest BCUT2D eigenvalue weighted by Gasteiger charge is 2.35. The van der Waals surface area contributed by atoms with Crippen molar-refractivity contribution in [2.45, 2.75) is 45.8 Å². The first-order valence-corrected chi connectivity index (χ1v) is 8.63. The number of rotatable bonds is 2. The summed E-state index contributed by atoms with van der Waals surface area (Å²) in [6.45, 7) is 8.11. The maximum atomic E-state index is 12.9. The molecule has 4 heteroatoms. The van der Waals surface area contributed by atoms with Crippen molar-refractivity contribution in [2.75, 3.05) is 11.5 Å². The van der Waals surface area contributed by atoms with Gasteiger partial charge in [0.05, 0.1) is 11.7 Å². The molecule has 4 nitrogen and oxygen atoms in total. The molecule has 25 heavy (non-hydrogen) atoms. The van der Waals surface area contributed by atoms with Crippen LogP contribution < -0.4 is 9.64 Å². The number of hydrogen-bond donors (Lipinski definition) is 0. The highest BCUT2D eigenvalue weighted by molar-refractivity contribution is 5.91. The summed E-state index contributed by atoms with van der Waals surface area (Å²) in [7, 11) is 0. The third kappa shape index (κ3) is 4.13. The smallest absolute Gasteiger partial charge is 0.415 e. The van der Waals surface area contributed by atoms with Crippen LogP contribution in [0.5, 0.6) is 5.75 Å². The summed E-state index contributed by atoms with van der Waals surface area (Å²) >= 11 is 0. The van der Waals surface area contributed by atoms with Crippen molar-refractivity contribution >= 4 is 11.8 Å². The standard InChI is InChI=1S/C21H25NO3/c1-15-10-11-19-18(12-15)22(20(23)25-21(2,3)4)17(14-24-19)13-16-8-6-5-7-9-16/h5-12,17H,13-14H2,1-4H3/t17-/m0/s1. The van der Waals surface area contributed by atoms with E-state index in [1.807, 2.05) is 64.1 Å². The van der Waals surface area contributed by atoms with E-state index in [2.05, 4.69) is 12.1 Å². The number of ether oxygens (including phenoxy) is 2. The lowest BCUT2D eigenvalue weighted by molar-refractivity contribution is 0.0543. The molecular formula is C21H25NO3. The van der Waals surface area contributed by atoms with Gasteiger partial charge in [-0.1, -0.05) is 36.4 Å². The highest BCUT2D eigenvalue weighted by Crippen LogP contribution is 2.36. The molecule has 0 saturated carbocycles. The fourth-order valence-corrected chi connectivity index (χ4v) is 2.99. The van der Waals surface area contributed by atoms with Gasteiger partial charge < -0.3 is 9.47 Å². The SMILES string of the molecule is Cc1ccc2c(c1)N(C(=O)OC(C)(C)C)[C@@H](Cc1ccccc1)CO2. The minimum atomic E-state index is -0.545. The van der Waals surface area contributed by atoms with Gasteiger partial charge in [-0.05, 0) is 57.4 Å². The van der Waals surface area contributed by atoms with Gasteiger partial charge in [0, 0.05) is 0 Å². The molecule has 0 N–H and O–H groups in total. The number of carbonyl (C=O) groups excluding carboxylic acids is 1. The van der Waals surface area contributed by atoms with E-state index >= 15 is 0 Å². The Hall–Kier alpha value is -2.49. The zero-order chi connectivity index (χ0) is 18.0. The van der Waals surface area contributed by atoms with Crippen molar-refractivity contribution in [3.8, 4) is 5.75 Å². The Morgan fingerprint density at radius 2 is 1.92 bits per heavy atom. The molecule has 0 bridgehead atoms. The average molecular weight is 339 g/mol. The lowest BCUT2D eigenvalue weighted by Crippen LogP contribution is -2.49. The van der Waals surface area contributed by atoms with Gasteiger partial charge >= 0.3 is 6.09 Å². The number of benzene rings is 2. The van der Waals surface area contributed by atoms with Crippen molar-refractivity contribution in [2.24, 2.45) is 0 Å². The zero-order valence-corrected chi connectivity index (χ0v) is 15.3. The van der Waals surface area contributed by atoms with Gasteiger partial charge in [0.2, 0.25) is 0 Å². The number of amides is 1. The van der Waals surface area contributed by atoms with Crippen LogP contribution in [-0.2, 0) is 11.2 Å². The third-order valence-corrected chi connectivity index (χ3v) is 4.07. The summed E-state index contributed by atoms with van der Waals surface area (Å²) in [4.78, 5) is 14.7. The van der Waals surface area contributed by atoms with Crippen molar-refractivity contribution in [1.29, 1.82) is 0 Å². The van der Waals surface area contributed by atoms with Gasteiger partial charge in [-0.3, -0.25) is 4.90 Å². The number of aryl methyl sites for hydroxylation is 1. The third-order valence-electron chi connectivity index (χ3n) is 4.07. The summed E-state index contributed by atoms with van der Waals surface area (Å²) in [6.07, 6.45) is 0.386. The molecule has 2 aromatic rings. The molecule has 0 fully saturated rings. The summed E-state index contributed by atoms with van der Waals surface area (Å²) in [5.41, 5.74) is 2.48. The van der Waals surface area contributed by atoms with Crippen LogP contribution in [0.25, 0.3) is 0 Å². The number of hydrogen-bond acceptors (Lipinski definition) is 3. The summed E-state index contributed by atoms with van der Waals surface area (Å²) in [6, 6.07) is 15.9. The Morgan fingerprint density at radius 3 is 2.60 bits per heavy atom. The predicted octanol–water partition coefficient (Wildman–Crippen LogP) is 4.74. The molecule has 0 aliphatic carbocycles. The van der Waals surface area contributed by atoms with E-state index in [1.54, 1.807) is 4.90 Å². The van der Waals surface area contributed by atoms with Crippen LogP contribution in [0.4, 0.5) is 10.5 Å². The summed E-state index contributed by atoms with van der Waals surface area (Å²) in [5.74, 6) is 0.723. The highest BCUT2D eigenvalue weighted by atomic mass is 16.6. The second-order valence-corrected chi connectivity index (χ2v) is 7.48. The van der Waals surface area contributed by atoms with Crippen molar-refractivity contribution in [3.63, 3.8) is 0 Å². The molecule has 1 amide bonds. The lowest BCUT2D eigenvalue weighted by atomic mass is 10.0. The number of anilines is 1. The molecule has 1 heterocycles. The summed E-state index contributed by atoms with van der Waals surface area (Å²) in [5, 5.41) is 0. The minimum Gasteiger partial charge on any atom is -0.489 e. The van der Waals surface area contributed by atoms with Crippen LogP contribution in [0.1, 0.15) is 31.9 Å². The Labute approximate surface area is 149 Å². The lowest BCUT2D eigenvalue weighted by Gasteiger charge is -2.38. The van der Waals surface area contributed by atoms with Gasteiger partial charge in [-0.25, -0.2) is 4.79 Å². The molecule has 132 valence electrons. The predicted molar refractivity (Wildman–Crippen MR) is 99.3 cm³/mol. The topological polar surface area (TPSA) is 38.8 Å². The fraction of sp³-hybridized carbons (Fsp3) is 0.381. The van der Waals surface area contributed by atoms with Crippen molar-refractivity contribution in [3.05, 3.63) is 59.7 Å². The number of fused-ring (bicyclic) bond motifs is 1. The second-order valence-electron chi connectivity index (χ2n) is 7.48. The second kappa shape index (κ2) is 6.79. The first-order chi connectivity index (χ1) is 11.8. The van der Waals surface area contributed by atoms with Crippen LogP contribution in [0.2, 0.25) is 0 Å². The largest absolute Gasteiger partial charge is 0.489 e. The first kappa shape index (κ1) is 17.3. The van der Waals surface area contributed by atoms with Crippen molar-refractivity contribution < 1.29 is 14.3 Å². The molecule has 2 aromatic carbocycles. The Bertz CT molecular complexity index is 749.